The molecule has 1 fully saturated rings. The van der Waals surface area contributed by atoms with Crippen molar-refractivity contribution in [1.82, 2.24) is 20.3 Å². The maximum absolute atomic E-state index is 12.9. The largest absolute Gasteiger partial charge is 0.417 e. The van der Waals surface area contributed by atoms with Gasteiger partial charge in [-0.2, -0.15) is 13.2 Å². The molecule has 3 aromatic heterocycles. The highest BCUT2D eigenvalue weighted by atomic mass is 32.2. The summed E-state index contributed by atoms with van der Waals surface area (Å²) in [6.07, 6.45) is 1.47. The van der Waals surface area contributed by atoms with Gasteiger partial charge in [0.25, 0.3) is 5.91 Å². The molecule has 1 aliphatic rings. The highest BCUT2D eigenvalue weighted by Gasteiger charge is 2.35. The molecule has 0 spiro atoms. The molecular formula is C19H16F3N5O3S2. The minimum atomic E-state index is -4.53. The summed E-state index contributed by atoms with van der Waals surface area (Å²) in [6, 6.07) is 3.98. The van der Waals surface area contributed by atoms with E-state index in [-0.39, 0.29) is 22.4 Å². The van der Waals surface area contributed by atoms with Gasteiger partial charge in [-0.25, -0.2) is 13.4 Å². The van der Waals surface area contributed by atoms with Gasteiger partial charge in [-0.05, 0) is 31.0 Å². The Labute approximate surface area is 185 Å². The maximum Gasteiger partial charge on any atom is 0.417 e. The zero-order valence-corrected chi connectivity index (χ0v) is 17.9. The lowest BCUT2D eigenvalue weighted by atomic mass is 10.2. The van der Waals surface area contributed by atoms with Crippen LogP contribution >= 0.6 is 11.3 Å². The summed E-state index contributed by atoms with van der Waals surface area (Å²) >= 11 is 0.927. The van der Waals surface area contributed by atoms with Crippen molar-refractivity contribution in [3.05, 3.63) is 59.3 Å². The van der Waals surface area contributed by atoms with E-state index in [1.807, 2.05) is 0 Å². The average molecular weight is 483 g/mol. The zero-order chi connectivity index (χ0) is 22.9. The number of carbonyl (C=O) groups is 1. The molecule has 0 aliphatic heterocycles. The lowest BCUT2D eigenvalue weighted by molar-refractivity contribution is -0.137. The van der Waals surface area contributed by atoms with Gasteiger partial charge < -0.3 is 5.32 Å². The van der Waals surface area contributed by atoms with Gasteiger partial charge in [-0.15, -0.1) is 11.3 Å². The number of thiazole rings is 1. The molecule has 13 heteroatoms. The maximum atomic E-state index is 12.9. The number of halogens is 3. The van der Waals surface area contributed by atoms with Crippen molar-refractivity contribution in [2.45, 2.75) is 30.8 Å². The van der Waals surface area contributed by atoms with Crippen LogP contribution in [0, 0.1) is 0 Å². The van der Waals surface area contributed by atoms with Gasteiger partial charge >= 0.3 is 6.18 Å². The molecule has 3 aromatic rings. The smallest absolute Gasteiger partial charge is 0.344 e. The van der Waals surface area contributed by atoms with Gasteiger partial charge in [0.15, 0.2) is 5.01 Å². The molecule has 3 heterocycles. The molecule has 8 nitrogen and oxygen atoms in total. The van der Waals surface area contributed by atoms with Crippen LogP contribution in [0.4, 0.5) is 18.9 Å². The molecule has 0 radical (unpaired) electrons. The third-order valence-electron chi connectivity index (χ3n) is 4.52. The number of carbonyl (C=O) groups excluding carboxylic acids is 1. The van der Waals surface area contributed by atoms with Crippen molar-refractivity contribution in [3.8, 4) is 10.4 Å². The molecule has 0 aromatic carbocycles. The van der Waals surface area contributed by atoms with Crippen LogP contribution in [-0.2, 0) is 22.7 Å². The van der Waals surface area contributed by atoms with Gasteiger partial charge in [-0.1, -0.05) is 0 Å². The van der Waals surface area contributed by atoms with Crippen LogP contribution in [0.5, 0.6) is 0 Å². The van der Waals surface area contributed by atoms with E-state index in [4.69, 9.17) is 0 Å². The summed E-state index contributed by atoms with van der Waals surface area (Å²) in [6.45, 7) is 0.0118. The molecule has 2 N–H and O–H groups in total. The van der Waals surface area contributed by atoms with E-state index >= 15 is 0 Å². The Morgan fingerprint density at radius 1 is 1.16 bits per heavy atom. The Morgan fingerprint density at radius 3 is 2.66 bits per heavy atom. The highest BCUT2D eigenvalue weighted by Crippen LogP contribution is 2.33. The molecule has 168 valence electrons. The molecular weight excluding hydrogens is 467 g/mol. The van der Waals surface area contributed by atoms with Crippen LogP contribution in [0.25, 0.3) is 10.4 Å². The van der Waals surface area contributed by atoms with E-state index in [0.717, 1.165) is 23.6 Å². The summed E-state index contributed by atoms with van der Waals surface area (Å²) in [5.74, 6) is -0.535. The Bertz CT molecular complexity index is 1260. The third-order valence-corrected chi connectivity index (χ3v) is 7.43. The summed E-state index contributed by atoms with van der Waals surface area (Å²) < 4.78 is 65.2. The number of pyridine rings is 2. The van der Waals surface area contributed by atoms with E-state index in [0.29, 0.717) is 29.1 Å². The molecule has 0 unspecified atom stereocenters. The summed E-state index contributed by atoms with van der Waals surface area (Å²) in [7, 11) is -3.42. The van der Waals surface area contributed by atoms with Gasteiger partial charge in [0.2, 0.25) is 10.0 Å². The van der Waals surface area contributed by atoms with Crippen molar-refractivity contribution in [2.24, 2.45) is 0 Å². The SMILES string of the molecule is O=C(NCc1cc(NS(=O)(=O)C2CC2)ccn1)c1ncc(-c2cncc(C(F)(F)F)c2)s1. The van der Waals surface area contributed by atoms with Gasteiger partial charge in [0, 0.05) is 30.4 Å². The molecule has 0 bridgehead atoms. The monoisotopic (exact) mass is 483 g/mol. The number of anilines is 1. The minimum Gasteiger partial charge on any atom is -0.344 e. The summed E-state index contributed by atoms with van der Waals surface area (Å²) in [5.41, 5.74) is 0.0873. The number of hydrogen-bond acceptors (Lipinski definition) is 7. The molecule has 1 aliphatic carbocycles. The Morgan fingerprint density at radius 2 is 1.94 bits per heavy atom. The standard InChI is InChI=1S/C19H16F3N5O3S2/c20-19(21,22)12-5-11(7-23-8-12)16-10-26-18(31-16)17(28)25-9-14-6-13(3-4-24-14)27-32(29,30)15-1-2-15/h3-8,10,15H,1-2,9H2,(H,24,27)(H,25,28). The molecule has 0 saturated heterocycles. The molecule has 1 saturated carbocycles. The number of aromatic nitrogens is 3. The van der Waals surface area contributed by atoms with E-state index in [2.05, 4.69) is 25.0 Å². The van der Waals surface area contributed by atoms with Crippen LogP contribution < -0.4 is 10.0 Å². The second-order valence-electron chi connectivity index (χ2n) is 7.05. The predicted octanol–water partition coefficient (Wildman–Crippen LogP) is 3.45. The molecule has 0 atom stereocenters. The number of rotatable bonds is 7. The number of hydrogen-bond donors (Lipinski definition) is 2. The average Bonchev–Trinajstić information content (AvgIpc) is 3.50. The van der Waals surface area contributed by atoms with Crippen molar-refractivity contribution in [3.63, 3.8) is 0 Å². The van der Waals surface area contributed by atoms with Gasteiger partial charge in [0.1, 0.15) is 0 Å². The quantitative estimate of drug-likeness (QED) is 0.532. The van der Waals surface area contributed by atoms with Crippen molar-refractivity contribution < 1.29 is 26.4 Å². The fourth-order valence-corrected chi connectivity index (χ4v) is 4.95. The van der Waals surface area contributed by atoms with Crippen LogP contribution in [0.2, 0.25) is 0 Å². The lowest BCUT2D eigenvalue weighted by Crippen LogP contribution is -2.23. The number of sulfonamides is 1. The van der Waals surface area contributed by atoms with Crippen LogP contribution in [0.15, 0.2) is 43.0 Å². The fraction of sp³-hybridized carbons (Fsp3) is 0.263. The van der Waals surface area contributed by atoms with Crippen LogP contribution in [0.3, 0.4) is 0 Å². The van der Waals surface area contributed by atoms with Crippen molar-refractivity contribution >= 4 is 33.0 Å². The molecule has 32 heavy (non-hydrogen) atoms. The van der Waals surface area contributed by atoms with Crippen LogP contribution in [0.1, 0.15) is 33.9 Å². The van der Waals surface area contributed by atoms with Crippen LogP contribution in [-0.4, -0.2) is 34.5 Å². The lowest BCUT2D eigenvalue weighted by Gasteiger charge is -2.08. The van der Waals surface area contributed by atoms with E-state index in [9.17, 15) is 26.4 Å². The van der Waals surface area contributed by atoms with Crippen molar-refractivity contribution in [2.75, 3.05) is 4.72 Å². The second kappa shape index (κ2) is 8.47. The fourth-order valence-electron chi connectivity index (χ4n) is 2.75. The Kier molecular flexibility index (Phi) is 5.86. The van der Waals surface area contributed by atoms with E-state index < -0.39 is 27.7 Å². The molecule has 4 rings (SSSR count). The summed E-state index contributed by atoms with van der Waals surface area (Å²) in [4.78, 5) is 24.4. The minimum absolute atomic E-state index is 0.0118. The predicted molar refractivity (Wildman–Crippen MR) is 111 cm³/mol. The highest BCUT2D eigenvalue weighted by molar-refractivity contribution is 7.93. The Hall–Kier alpha value is -3.06. The van der Waals surface area contributed by atoms with Gasteiger partial charge in [0.05, 0.1) is 33.6 Å². The normalized spacial score (nSPS) is 14.2. The summed E-state index contributed by atoms with van der Waals surface area (Å²) in [5, 5.41) is 2.30. The van der Waals surface area contributed by atoms with E-state index in [1.165, 1.54) is 30.7 Å². The Balaban J connectivity index is 1.40. The third kappa shape index (κ3) is 5.22. The zero-order valence-electron chi connectivity index (χ0n) is 16.3. The van der Waals surface area contributed by atoms with Gasteiger partial charge in [-0.3, -0.25) is 19.5 Å². The van der Waals surface area contributed by atoms with E-state index in [1.54, 1.807) is 0 Å². The topological polar surface area (TPSA) is 114 Å². The number of alkyl halides is 3. The first-order valence-electron chi connectivity index (χ1n) is 9.35. The number of nitrogens with zero attached hydrogens (tertiary/aromatic N) is 3. The first-order chi connectivity index (χ1) is 15.1. The number of nitrogens with one attached hydrogen (secondary N) is 2. The first kappa shape index (κ1) is 22.1. The van der Waals surface area contributed by atoms with Crippen molar-refractivity contribution in [1.29, 1.82) is 0 Å². The first-order valence-corrected chi connectivity index (χ1v) is 11.7. The number of amides is 1. The second-order valence-corrected chi connectivity index (χ2v) is 10.0. The molecule has 1 amide bonds.